The van der Waals surface area contributed by atoms with Crippen molar-refractivity contribution in [2.75, 3.05) is 0 Å². The van der Waals surface area contributed by atoms with Gasteiger partial charge in [0.25, 0.3) is 0 Å². The molecule has 0 bridgehead atoms. The van der Waals surface area contributed by atoms with E-state index in [9.17, 15) is 0 Å². The van der Waals surface area contributed by atoms with E-state index in [4.69, 9.17) is 62.8 Å². The Balaban J connectivity index is 2.79. The molecular formula is C10H12B8. The molecule has 2 unspecified atom stereocenters. The Morgan fingerprint density at radius 2 is 1.06 bits per heavy atom. The van der Waals surface area contributed by atoms with Crippen LogP contribution >= 0.6 is 0 Å². The summed E-state index contributed by atoms with van der Waals surface area (Å²) >= 11 is 0. The molecule has 2 atom stereocenters. The average molecular weight is 219 g/mol. The second-order valence-electron chi connectivity index (χ2n) is 5.61. The quantitative estimate of drug-likeness (QED) is 0.577. The van der Waals surface area contributed by atoms with E-state index < -0.39 is 21.9 Å². The van der Waals surface area contributed by atoms with Gasteiger partial charge in [-0.15, -0.1) is 21.9 Å². The molecule has 16 radical (unpaired) electrons. The maximum Gasteiger partial charge on any atom is 0.0608 e. The van der Waals surface area contributed by atoms with E-state index in [2.05, 4.69) is 0 Å². The highest BCUT2D eigenvalue weighted by Crippen LogP contribution is 2.52. The Morgan fingerprint density at radius 3 is 1.33 bits per heavy atom. The zero-order valence-electron chi connectivity index (χ0n) is 10.8. The van der Waals surface area contributed by atoms with Gasteiger partial charge in [0.2, 0.25) is 0 Å². The zero-order chi connectivity index (χ0) is 14.1. The van der Waals surface area contributed by atoms with Crippen LogP contribution in [0.5, 0.6) is 0 Å². The Kier molecular flexibility index (Phi) is 5.41. The Labute approximate surface area is 122 Å². The average Bonchev–Trinajstić information content (AvgIpc) is 2.28. The molecule has 0 aliphatic heterocycles. The van der Waals surface area contributed by atoms with Gasteiger partial charge >= 0.3 is 0 Å². The smallest absolute Gasteiger partial charge is 0.0608 e. The summed E-state index contributed by atoms with van der Waals surface area (Å²) in [4.78, 5) is 0. The van der Waals surface area contributed by atoms with Gasteiger partial charge in [0, 0.05) is 0 Å². The number of rotatable bonds is 4. The molecule has 0 aromatic rings. The van der Waals surface area contributed by atoms with Gasteiger partial charge in [-0.2, -0.15) is 0 Å². The molecule has 0 aromatic carbocycles. The SMILES string of the molecule is [B]C([B])C([B])([B])C1CCCC(C([B])([B])C([B])[B])C1. The summed E-state index contributed by atoms with van der Waals surface area (Å²) < 4.78 is 0. The highest BCUT2D eigenvalue weighted by molar-refractivity contribution is 6.52. The van der Waals surface area contributed by atoms with Gasteiger partial charge < -0.3 is 0 Å². The fourth-order valence-electron chi connectivity index (χ4n) is 2.64. The van der Waals surface area contributed by atoms with Gasteiger partial charge in [-0.25, -0.2) is 0 Å². The molecule has 1 rings (SSSR count). The van der Waals surface area contributed by atoms with Crippen LogP contribution in [0.15, 0.2) is 0 Å². The van der Waals surface area contributed by atoms with Crippen LogP contribution in [0, 0.1) is 11.8 Å². The molecule has 18 heavy (non-hydrogen) atoms. The Morgan fingerprint density at radius 1 is 0.722 bits per heavy atom. The van der Waals surface area contributed by atoms with Gasteiger partial charge in [-0.05, 0) is 6.42 Å². The van der Waals surface area contributed by atoms with Gasteiger partial charge in [0.1, 0.15) is 0 Å². The van der Waals surface area contributed by atoms with Gasteiger partial charge in [0.15, 0.2) is 0 Å². The van der Waals surface area contributed by atoms with E-state index in [1.165, 1.54) is 0 Å². The zero-order valence-corrected chi connectivity index (χ0v) is 10.8. The summed E-state index contributed by atoms with van der Waals surface area (Å²) in [5, 5.41) is -2.26. The second-order valence-corrected chi connectivity index (χ2v) is 5.61. The first-order valence-corrected chi connectivity index (χ1v) is 6.28. The molecule has 8 heteroatoms. The van der Waals surface area contributed by atoms with E-state index in [-0.39, 0.29) is 11.8 Å². The molecule has 0 amide bonds. The molecule has 0 N–H and O–H groups in total. The van der Waals surface area contributed by atoms with Crippen LogP contribution < -0.4 is 0 Å². The van der Waals surface area contributed by atoms with Crippen LogP contribution in [0.2, 0.25) is 21.9 Å². The van der Waals surface area contributed by atoms with Gasteiger partial charge in [-0.1, -0.05) is 31.1 Å². The van der Waals surface area contributed by atoms with Crippen LogP contribution in [-0.2, 0) is 0 Å². The molecule has 1 saturated carbocycles. The van der Waals surface area contributed by atoms with Crippen LogP contribution in [0.4, 0.5) is 0 Å². The molecule has 1 aliphatic carbocycles. The van der Waals surface area contributed by atoms with Crippen molar-refractivity contribution in [3.8, 4) is 0 Å². The molecule has 0 aromatic heterocycles. The first-order valence-electron chi connectivity index (χ1n) is 6.28. The fraction of sp³-hybridized carbons (Fsp3) is 1.00. The van der Waals surface area contributed by atoms with Crippen LogP contribution in [0.3, 0.4) is 0 Å². The minimum absolute atomic E-state index is 0.0403. The van der Waals surface area contributed by atoms with Crippen molar-refractivity contribution >= 4 is 62.8 Å². The molecule has 1 fully saturated rings. The van der Waals surface area contributed by atoms with Gasteiger partial charge in [-0.3, -0.25) is 0 Å². The van der Waals surface area contributed by atoms with Crippen molar-refractivity contribution in [1.29, 1.82) is 0 Å². The maximum atomic E-state index is 6.00. The van der Waals surface area contributed by atoms with Gasteiger partial charge in [0.05, 0.1) is 62.8 Å². The van der Waals surface area contributed by atoms with Crippen molar-refractivity contribution in [3.63, 3.8) is 0 Å². The predicted molar refractivity (Wildman–Crippen MR) is 84.4 cm³/mol. The van der Waals surface area contributed by atoms with Crippen LogP contribution in [0.1, 0.15) is 25.7 Å². The lowest BCUT2D eigenvalue weighted by Gasteiger charge is -2.50. The lowest BCUT2D eigenvalue weighted by atomic mass is 9.30. The van der Waals surface area contributed by atoms with Crippen LogP contribution in [-0.4, -0.2) is 62.8 Å². The highest BCUT2D eigenvalue weighted by Gasteiger charge is 2.39. The molecule has 0 saturated heterocycles. The third kappa shape index (κ3) is 3.34. The molecule has 0 heterocycles. The van der Waals surface area contributed by atoms with Crippen molar-refractivity contribution in [3.05, 3.63) is 0 Å². The number of hydrogen-bond acceptors (Lipinski definition) is 0. The Bertz CT molecular complexity index is 249. The van der Waals surface area contributed by atoms with E-state index >= 15 is 0 Å². The van der Waals surface area contributed by atoms with Crippen molar-refractivity contribution < 1.29 is 0 Å². The summed E-state index contributed by atoms with van der Waals surface area (Å²) in [5.74, 6) is -0.0806. The van der Waals surface area contributed by atoms with Crippen molar-refractivity contribution in [2.24, 2.45) is 11.8 Å². The largest absolute Gasteiger partial charge is 0.119 e. The Hall–Kier alpha value is 0.519. The maximum absolute atomic E-state index is 6.00. The summed E-state index contributed by atoms with van der Waals surface area (Å²) in [6.07, 6.45) is 3.24. The molecule has 0 nitrogen and oxygen atoms in total. The summed E-state index contributed by atoms with van der Waals surface area (Å²) in [6, 6.07) is 0. The minimum atomic E-state index is -1.13. The first kappa shape index (κ1) is 16.6. The lowest BCUT2D eigenvalue weighted by molar-refractivity contribution is 0.227. The first-order chi connectivity index (χ1) is 8.10. The van der Waals surface area contributed by atoms with E-state index in [0.29, 0.717) is 6.42 Å². The molecule has 0 spiro atoms. The fourth-order valence-corrected chi connectivity index (χ4v) is 2.64. The van der Waals surface area contributed by atoms with E-state index in [1.54, 1.807) is 0 Å². The minimum Gasteiger partial charge on any atom is -0.119 e. The normalized spacial score (nSPS) is 26.6. The van der Waals surface area contributed by atoms with Crippen molar-refractivity contribution in [1.82, 2.24) is 0 Å². The lowest BCUT2D eigenvalue weighted by Crippen LogP contribution is -2.38. The summed E-state index contributed by atoms with van der Waals surface area (Å²) in [6.45, 7) is 0. The third-order valence-electron chi connectivity index (χ3n) is 4.24. The predicted octanol–water partition coefficient (Wildman–Crippen LogP) is -0.135. The third-order valence-corrected chi connectivity index (χ3v) is 4.24. The summed E-state index contributed by atoms with van der Waals surface area (Å²) in [5.41, 5.74) is -1.59. The number of hydrogen-bond donors (Lipinski definition) is 0. The monoisotopic (exact) mass is 220 g/mol. The van der Waals surface area contributed by atoms with E-state index in [0.717, 1.165) is 19.3 Å². The summed E-state index contributed by atoms with van der Waals surface area (Å²) in [7, 11) is 46.5. The second kappa shape index (κ2) is 5.88. The highest BCUT2D eigenvalue weighted by atomic mass is 14.4. The van der Waals surface area contributed by atoms with E-state index in [1.807, 2.05) is 0 Å². The standard InChI is InChI=1S/C10H12B8/c11-7(12)9(15,16)5-2-1-3-6(4-5)10(17,18)8(13)14/h5-8H,1-4H2. The molecular weight excluding hydrogens is 207 g/mol. The molecule has 76 valence electrons. The van der Waals surface area contributed by atoms with Crippen molar-refractivity contribution in [2.45, 2.75) is 47.5 Å². The molecule has 1 aliphatic rings. The van der Waals surface area contributed by atoms with Crippen LogP contribution in [0.25, 0.3) is 0 Å². The topological polar surface area (TPSA) is 0 Å².